The molecule has 18 heavy (non-hydrogen) atoms. The summed E-state index contributed by atoms with van der Waals surface area (Å²) in [5.74, 6) is 1.24. The molecule has 0 spiro atoms. The third kappa shape index (κ3) is 3.62. The summed E-state index contributed by atoms with van der Waals surface area (Å²) in [5.41, 5.74) is 2.18. The van der Waals surface area contributed by atoms with Gasteiger partial charge in [0.05, 0.1) is 11.2 Å². The van der Waals surface area contributed by atoms with Crippen molar-refractivity contribution in [3.05, 3.63) is 34.9 Å². The molecule has 1 aromatic heterocycles. The maximum absolute atomic E-state index is 4.48. The fourth-order valence-corrected chi connectivity index (χ4v) is 2.71. The molecule has 0 aliphatic heterocycles. The highest BCUT2D eigenvalue weighted by atomic mass is 79.9. The first-order valence-electron chi connectivity index (χ1n) is 6.08. The molecular weight excluding hydrogens is 308 g/mol. The van der Waals surface area contributed by atoms with Crippen LogP contribution in [0.3, 0.4) is 0 Å². The second-order valence-electron chi connectivity index (χ2n) is 4.16. The number of rotatable bonds is 6. The quantitative estimate of drug-likeness (QED) is 0.789. The van der Waals surface area contributed by atoms with E-state index in [0.29, 0.717) is 0 Å². The van der Waals surface area contributed by atoms with Crippen LogP contribution in [0.2, 0.25) is 0 Å². The Labute approximate surface area is 121 Å². The fraction of sp³-hybridized carbons (Fsp3) is 0.357. The van der Waals surface area contributed by atoms with Gasteiger partial charge in [0, 0.05) is 22.6 Å². The average molecular weight is 325 g/mol. The minimum Gasteiger partial charge on any atom is -0.383 e. The monoisotopic (exact) mass is 324 g/mol. The van der Waals surface area contributed by atoms with E-state index in [9.17, 15) is 0 Å². The van der Waals surface area contributed by atoms with Crippen LogP contribution >= 0.6 is 27.7 Å². The number of nitrogens with zero attached hydrogens (tertiary/aromatic N) is 1. The first-order valence-corrected chi connectivity index (χ1v) is 8.27. The van der Waals surface area contributed by atoms with Crippen LogP contribution in [0.5, 0.6) is 0 Å². The van der Waals surface area contributed by atoms with E-state index >= 15 is 0 Å². The minimum absolute atomic E-state index is 1.01. The van der Waals surface area contributed by atoms with E-state index < -0.39 is 0 Å². The molecule has 0 saturated carbocycles. The number of fused-ring (bicyclic) bond motifs is 1. The molecule has 0 bridgehead atoms. The second-order valence-corrected chi connectivity index (χ2v) is 6.06. The van der Waals surface area contributed by atoms with E-state index in [2.05, 4.69) is 56.8 Å². The summed E-state index contributed by atoms with van der Waals surface area (Å²) in [4.78, 5) is 4.48. The minimum atomic E-state index is 1.01. The van der Waals surface area contributed by atoms with Gasteiger partial charge in [-0.1, -0.05) is 12.1 Å². The van der Waals surface area contributed by atoms with E-state index in [1.165, 1.54) is 24.0 Å². The molecule has 0 saturated heterocycles. The Bertz CT molecular complexity index is 516. The van der Waals surface area contributed by atoms with Gasteiger partial charge in [-0.05, 0) is 52.9 Å². The van der Waals surface area contributed by atoms with Crippen molar-refractivity contribution in [2.24, 2.45) is 0 Å². The molecule has 2 rings (SSSR count). The number of para-hydroxylation sites is 1. The number of halogens is 1. The summed E-state index contributed by atoms with van der Waals surface area (Å²) >= 11 is 5.36. The standard InChI is InChI=1S/C14H17BrN2S/c1-18-8-3-2-7-16-13-6-4-5-11-9-12(15)10-17-14(11)13/h4-6,9-10,16H,2-3,7-8H2,1H3. The van der Waals surface area contributed by atoms with Crippen molar-refractivity contribution < 1.29 is 0 Å². The molecule has 96 valence electrons. The average Bonchev–Trinajstić information content (AvgIpc) is 2.38. The number of thioether (sulfide) groups is 1. The summed E-state index contributed by atoms with van der Waals surface area (Å²) in [7, 11) is 0. The van der Waals surface area contributed by atoms with Crippen molar-refractivity contribution >= 4 is 44.3 Å². The zero-order valence-corrected chi connectivity index (χ0v) is 12.9. The van der Waals surface area contributed by atoms with E-state index in [0.717, 1.165) is 22.2 Å². The molecule has 0 radical (unpaired) electrons. The van der Waals surface area contributed by atoms with Gasteiger partial charge in [-0.3, -0.25) is 4.98 Å². The van der Waals surface area contributed by atoms with Crippen LogP contribution in [0.1, 0.15) is 12.8 Å². The summed E-state index contributed by atoms with van der Waals surface area (Å²) in [5, 5.41) is 4.64. The Kier molecular flexibility index (Phi) is 5.32. The Hall–Kier alpha value is -0.740. The fourth-order valence-electron chi connectivity index (χ4n) is 1.87. The first-order chi connectivity index (χ1) is 8.81. The van der Waals surface area contributed by atoms with Crippen molar-refractivity contribution in [1.29, 1.82) is 0 Å². The maximum Gasteiger partial charge on any atom is 0.0934 e. The molecule has 0 unspecified atom stereocenters. The Balaban J connectivity index is 2.04. The van der Waals surface area contributed by atoms with Gasteiger partial charge in [0.2, 0.25) is 0 Å². The van der Waals surface area contributed by atoms with Crippen LogP contribution in [-0.4, -0.2) is 23.5 Å². The normalized spacial score (nSPS) is 10.8. The number of anilines is 1. The van der Waals surface area contributed by atoms with Crippen LogP contribution in [0, 0.1) is 0 Å². The van der Waals surface area contributed by atoms with E-state index in [-0.39, 0.29) is 0 Å². The highest BCUT2D eigenvalue weighted by Gasteiger charge is 2.01. The lowest BCUT2D eigenvalue weighted by Gasteiger charge is -2.09. The van der Waals surface area contributed by atoms with Crippen LogP contribution in [0.25, 0.3) is 10.9 Å². The molecule has 0 atom stereocenters. The molecule has 4 heteroatoms. The van der Waals surface area contributed by atoms with Gasteiger partial charge >= 0.3 is 0 Å². The Morgan fingerprint density at radius 3 is 3.06 bits per heavy atom. The van der Waals surface area contributed by atoms with Gasteiger partial charge < -0.3 is 5.32 Å². The van der Waals surface area contributed by atoms with Gasteiger partial charge in [0.15, 0.2) is 0 Å². The molecule has 0 aliphatic carbocycles. The van der Waals surface area contributed by atoms with Crippen molar-refractivity contribution in [3.8, 4) is 0 Å². The number of hydrogen-bond donors (Lipinski definition) is 1. The lowest BCUT2D eigenvalue weighted by atomic mass is 10.2. The number of hydrogen-bond acceptors (Lipinski definition) is 3. The van der Waals surface area contributed by atoms with Gasteiger partial charge in [0.25, 0.3) is 0 Å². The third-order valence-electron chi connectivity index (χ3n) is 2.77. The topological polar surface area (TPSA) is 24.9 Å². The predicted molar refractivity (Wildman–Crippen MR) is 85.5 cm³/mol. The van der Waals surface area contributed by atoms with Crippen LogP contribution < -0.4 is 5.32 Å². The summed E-state index contributed by atoms with van der Waals surface area (Å²) in [6.07, 6.45) is 6.47. The van der Waals surface area contributed by atoms with Gasteiger partial charge in [-0.2, -0.15) is 11.8 Å². The molecule has 0 aliphatic rings. The number of pyridine rings is 1. The van der Waals surface area contributed by atoms with Crippen LogP contribution in [0.4, 0.5) is 5.69 Å². The molecule has 2 aromatic rings. The van der Waals surface area contributed by atoms with E-state index in [4.69, 9.17) is 0 Å². The largest absolute Gasteiger partial charge is 0.383 e. The molecule has 1 heterocycles. The number of benzene rings is 1. The van der Waals surface area contributed by atoms with Gasteiger partial charge in [-0.25, -0.2) is 0 Å². The number of nitrogens with one attached hydrogen (secondary N) is 1. The van der Waals surface area contributed by atoms with Crippen molar-refractivity contribution in [2.75, 3.05) is 23.9 Å². The first kappa shape index (κ1) is 13.7. The van der Waals surface area contributed by atoms with Crippen molar-refractivity contribution in [3.63, 3.8) is 0 Å². The third-order valence-corrected chi connectivity index (χ3v) is 3.90. The second kappa shape index (κ2) is 7.00. The predicted octanol–water partition coefficient (Wildman–Crippen LogP) is 4.55. The maximum atomic E-state index is 4.48. The SMILES string of the molecule is CSCCCCNc1cccc2cc(Br)cnc12. The van der Waals surface area contributed by atoms with Gasteiger partial charge in [-0.15, -0.1) is 0 Å². The smallest absolute Gasteiger partial charge is 0.0934 e. The Morgan fingerprint density at radius 1 is 1.33 bits per heavy atom. The molecule has 2 nitrogen and oxygen atoms in total. The van der Waals surface area contributed by atoms with E-state index in [1.54, 1.807) is 0 Å². The van der Waals surface area contributed by atoms with Crippen molar-refractivity contribution in [2.45, 2.75) is 12.8 Å². The molecule has 0 amide bonds. The zero-order chi connectivity index (χ0) is 12.8. The number of aromatic nitrogens is 1. The lowest BCUT2D eigenvalue weighted by molar-refractivity contribution is 0.844. The van der Waals surface area contributed by atoms with Crippen LogP contribution in [-0.2, 0) is 0 Å². The molecule has 0 fully saturated rings. The van der Waals surface area contributed by atoms with E-state index in [1.807, 2.05) is 18.0 Å². The summed E-state index contributed by atoms with van der Waals surface area (Å²) in [6, 6.07) is 8.35. The molecular formula is C14H17BrN2S. The Morgan fingerprint density at radius 2 is 2.22 bits per heavy atom. The zero-order valence-electron chi connectivity index (χ0n) is 10.4. The lowest BCUT2D eigenvalue weighted by Crippen LogP contribution is -2.02. The molecule has 1 N–H and O–H groups in total. The van der Waals surface area contributed by atoms with Crippen LogP contribution in [0.15, 0.2) is 34.9 Å². The summed E-state index contributed by atoms with van der Waals surface area (Å²) in [6.45, 7) is 1.01. The van der Waals surface area contributed by atoms with Crippen molar-refractivity contribution in [1.82, 2.24) is 4.98 Å². The highest BCUT2D eigenvalue weighted by Crippen LogP contribution is 2.23. The molecule has 1 aromatic carbocycles. The highest BCUT2D eigenvalue weighted by molar-refractivity contribution is 9.10. The number of unbranched alkanes of at least 4 members (excludes halogenated alkanes) is 1. The van der Waals surface area contributed by atoms with Gasteiger partial charge in [0.1, 0.15) is 0 Å². The summed E-state index contributed by atoms with van der Waals surface area (Å²) < 4.78 is 1.02.